The average Bonchev–Trinajstić information content (AvgIpc) is 2.43. The van der Waals surface area contributed by atoms with Gasteiger partial charge in [-0.15, -0.1) is 0 Å². The standard InChI is InChI=1S/C15H19N3O2/c1-20-5-4-9-6-12(15(18)14(17)7-9)11-8-10(19)2-3-13(11)16/h2-3,6-8,19H,4-5,16-18H2,1H3. The summed E-state index contributed by atoms with van der Waals surface area (Å²) in [6.45, 7) is 0.596. The molecule has 0 bridgehead atoms. The summed E-state index contributed by atoms with van der Waals surface area (Å²) in [7, 11) is 1.65. The minimum absolute atomic E-state index is 0.134. The number of benzene rings is 2. The van der Waals surface area contributed by atoms with E-state index < -0.39 is 0 Å². The monoisotopic (exact) mass is 273 g/mol. The third-order valence-corrected chi connectivity index (χ3v) is 3.19. The SMILES string of the molecule is COCCc1cc(N)c(N)c(-c2cc(O)ccc2N)c1. The van der Waals surface area contributed by atoms with Crippen LogP contribution in [0.5, 0.6) is 5.75 Å². The lowest BCUT2D eigenvalue weighted by molar-refractivity contribution is 0.202. The van der Waals surface area contributed by atoms with Gasteiger partial charge in [0.25, 0.3) is 0 Å². The molecule has 0 amide bonds. The Hall–Kier alpha value is -2.40. The van der Waals surface area contributed by atoms with Gasteiger partial charge < -0.3 is 27.0 Å². The number of nitrogen functional groups attached to an aromatic ring is 3. The number of rotatable bonds is 4. The van der Waals surface area contributed by atoms with Crippen molar-refractivity contribution in [2.45, 2.75) is 6.42 Å². The lowest BCUT2D eigenvalue weighted by atomic mass is 9.97. The van der Waals surface area contributed by atoms with Crippen LogP contribution in [0.2, 0.25) is 0 Å². The Morgan fingerprint density at radius 1 is 1.00 bits per heavy atom. The van der Waals surface area contributed by atoms with Crippen molar-refractivity contribution in [3.8, 4) is 16.9 Å². The first-order chi connectivity index (χ1) is 9.52. The number of ether oxygens (including phenoxy) is 1. The van der Waals surface area contributed by atoms with Gasteiger partial charge in [-0.25, -0.2) is 0 Å². The van der Waals surface area contributed by atoms with Crippen molar-refractivity contribution in [2.24, 2.45) is 0 Å². The number of hydrogen-bond acceptors (Lipinski definition) is 5. The second-order valence-corrected chi connectivity index (χ2v) is 4.66. The third kappa shape index (κ3) is 2.78. The van der Waals surface area contributed by atoms with Gasteiger partial charge in [-0.2, -0.15) is 0 Å². The van der Waals surface area contributed by atoms with E-state index in [-0.39, 0.29) is 5.75 Å². The fourth-order valence-corrected chi connectivity index (χ4v) is 2.10. The number of hydrogen-bond donors (Lipinski definition) is 4. The summed E-state index contributed by atoms with van der Waals surface area (Å²) in [5.41, 5.74) is 21.9. The number of anilines is 3. The van der Waals surface area contributed by atoms with Gasteiger partial charge >= 0.3 is 0 Å². The summed E-state index contributed by atoms with van der Waals surface area (Å²) in [6, 6.07) is 8.52. The molecular formula is C15H19N3O2. The van der Waals surface area contributed by atoms with Crippen LogP contribution in [0.3, 0.4) is 0 Å². The van der Waals surface area contributed by atoms with Crippen molar-refractivity contribution in [1.82, 2.24) is 0 Å². The van der Waals surface area contributed by atoms with E-state index >= 15 is 0 Å². The Morgan fingerprint density at radius 2 is 1.75 bits per heavy atom. The second kappa shape index (κ2) is 5.71. The van der Waals surface area contributed by atoms with Crippen LogP contribution in [-0.4, -0.2) is 18.8 Å². The summed E-state index contributed by atoms with van der Waals surface area (Å²) in [5, 5.41) is 9.62. The van der Waals surface area contributed by atoms with Crippen LogP contribution in [0.15, 0.2) is 30.3 Å². The largest absolute Gasteiger partial charge is 0.508 e. The second-order valence-electron chi connectivity index (χ2n) is 4.66. The van der Waals surface area contributed by atoms with E-state index in [1.54, 1.807) is 19.2 Å². The lowest BCUT2D eigenvalue weighted by Gasteiger charge is -2.14. The van der Waals surface area contributed by atoms with Crippen LogP contribution in [0.4, 0.5) is 17.1 Å². The first-order valence-corrected chi connectivity index (χ1v) is 6.28. The number of nitrogens with two attached hydrogens (primary N) is 3. The van der Waals surface area contributed by atoms with Crippen LogP contribution in [-0.2, 0) is 11.2 Å². The van der Waals surface area contributed by atoms with Crippen molar-refractivity contribution < 1.29 is 9.84 Å². The van der Waals surface area contributed by atoms with Crippen LogP contribution < -0.4 is 17.2 Å². The normalized spacial score (nSPS) is 10.7. The molecule has 5 nitrogen and oxygen atoms in total. The highest BCUT2D eigenvalue weighted by Gasteiger charge is 2.11. The van der Waals surface area contributed by atoms with E-state index in [0.717, 1.165) is 17.5 Å². The molecular weight excluding hydrogens is 254 g/mol. The van der Waals surface area contributed by atoms with Gasteiger partial charge in [-0.3, -0.25) is 0 Å². The van der Waals surface area contributed by atoms with E-state index in [1.807, 2.05) is 12.1 Å². The van der Waals surface area contributed by atoms with Crippen LogP contribution >= 0.6 is 0 Å². The van der Waals surface area contributed by atoms with Gasteiger partial charge in [0.05, 0.1) is 18.0 Å². The molecule has 0 saturated heterocycles. The van der Waals surface area contributed by atoms with Gasteiger partial charge in [0, 0.05) is 23.9 Å². The average molecular weight is 273 g/mol. The van der Waals surface area contributed by atoms with Crippen molar-refractivity contribution >= 4 is 17.1 Å². The maximum Gasteiger partial charge on any atom is 0.116 e. The smallest absolute Gasteiger partial charge is 0.116 e. The first-order valence-electron chi connectivity index (χ1n) is 6.28. The summed E-state index contributed by atoms with van der Waals surface area (Å²) < 4.78 is 5.07. The van der Waals surface area contributed by atoms with Crippen molar-refractivity contribution in [3.63, 3.8) is 0 Å². The zero-order valence-electron chi connectivity index (χ0n) is 11.4. The molecule has 2 rings (SSSR count). The van der Waals surface area contributed by atoms with Crippen molar-refractivity contribution in [2.75, 3.05) is 30.9 Å². The minimum atomic E-state index is 0.134. The van der Waals surface area contributed by atoms with Crippen LogP contribution in [0.1, 0.15) is 5.56 Å². The molecule has 0 aliphatic heterocycles. The van der Waals surface area contributed by atoms with E-state index in [2.05, 4.69) is 0 Å². The first kappa shape index (κ1) is 14.0. The van der Waals surface area contributed by atoms with E-state index in [1.165, 1.54) is 6.07 Å². The van der Waals surface area contributed by atoms with Crippen LogP contribution in [0, 0.1) is 0 Å². The Kier molecular flexibility index (Phi) is 4.00. The molecule has 2 aromatic carbocycles. The molecule has 0 aromatic heterocycles. The maximum absolute atomic E-state index is 9.62. The molecule has 0 unspecified atom stereocenters. The molecule has 0 aliphatic carbocycles. The van der Waals surface area contributed by atoms with Gasteiger partial charge in [0.2, 0.25) is 0 Å². The molecule has 0 fully saturated rings. The molecule has 20 heavy (non-hydrogen) atoms. The van der Waals surface area contributed by atoms with Crippen LogP contribution in [0.25, 0.3) is 11.1 Å². The van der Waals surface area contributed by atoms with Gasteiger partial charge in [-0.05, 0) is 42.3 Å². The number of phenolic OH excluding ortho intramolecular Hbond substituents is 1. The Labute approximate surface area is 118 Å². The zero-order chi connectivity index (χ0) is 14.7. The molecule has 2 aromatic rings. The number of aromatic hydroxyl groups is 1. The Balaban J connectivity index is 2.54. The molecule has 0 radical (unpaired) electrons. The fourth-order valence-electron chi connectivity index (χ4n) is 2.10. The summed E-state index contributed by atoms with van der Waals surface area (Å²) >= 11 is 0. The third-order valence-electron chi connectivity index (χ3n) is 3.19. The molecule has 0 heterocycles. The maximum atomic E-state index is 9.62. The highest BCUT2D eigenvalue weighted by Crippen LogP contribution is 2.36. The predicted octanol–water partition coefficient (Wildman–Crippen LogP) is 1.99. The molecule has 0 spiro atoms. The van der Waals surface area contributed by atoms with E-state index in [0.29, 0.717) is 29.2 Å². The van der Waals surface area contributed by atoms with Crippen molar-refractivity contribution in [3.05, 3.63) is 35.9 Å². The molecule has 0 aliphatic rings. The van der Waals surface area contributed by atoms with Gasteiger partial charge in [0.1, 0.15) is 5.75 Å². The summed E-state index contributed by atoms with van der Waals surface area (Å²) in [6.07, 6.45) is 0.729. The van der Waals surface area contributed by atoms with E-state index in [4.69, 9.17) is 21.9 Å². The Morgan fingerprint density at radius 3 is 2.45 bits per heavy atom. The summed E-state index contributed by atoms with van der Waals surface area (Å²) in [4.78, 5) is 0. The Bertz CT molecular complexity index is 627. The quantitative estimate of drug-likeness (QED) is 0.503. The molecule has 0 saturated carbocycles. The molecule has 0 atom stereocenters. The number of phenols is 1. The highest BCUT2D eigenvalue weighted by atomic mass is 16.5. The zero-order valence-corrected chi connectivity index (χ0v) is 11.4. The minimum Gasteiger partial charge on any atom is -0.508 e. The van der Waals surface area contributed by atoms with E-state index in [9.17, 15) is 5.11 Å². The van der Waals surface area contributed by atoms with Gasteiger partial charge in [0.15, 0.2) is 0 Å². The summed E-state index contributed by atoms with van der Waals surface area (Å²) in [5.74, 6) is 0.134. The topological polar surface area (TPSA) is 108 Å². The fraction of sp³-hybridized carbons (Fsp3) is 0.200. The molecule has 106 valence electrons. The van der Waals surface area contributed by atoms with Crippen molar-refractivity contribution in [1.29, 1.82) is 0 Å². The molecule has 7 N–H and O–H groups in total. The number of methoxy groups -OCH3 is 1. The molecule has 5 heteroatoms. The predicted molar refractivity (Wildman–Crippen MR) is 82.4 cm³/mol. The van der Waals surface area contributed by atoms with Gasteiger partial charge in [-0.1, -0.05) is 0 Å². The highest BCUT2D eigenvalue weighted by molar-refractivity contribution is 5.90. The lowest BCUT2D eigenvalue weighted by Crippen LogP contribution is -2.02.